The van der Waals surface area contributed by atoms with Gasteiger partial charge in [-0.05, 0) is 67.8 Å². The second-order valence-electron chi connectivity index (χ2n) is 6.87. The number of benzene rings is 3. The molecule has 0 unspecified atom stereocenters. The summed E-state index contributed by atoms with van der Waals surface area (Å²) >= 11 is 19.1. The third kappa shape index (κ3) is 4.66. The van der Waals surface area contributed by atoms with Gasteiger partial charge >= 0.3 is 0 Å². The Morgan fingerprint density at radius 3 is 2.24 bits per heavy atom. The van der Waals surface area contributed by atoms with Crippen molar-refractivity contribution in [3.63, 3.8) is 0 Å². The minimum Gasteiger partial charge on any atom is -0.493 e. The molecule has 33 heavy (non-hydrogen) atoms. The van der Waals surface area contributed by atoms with E-state index in [4.69, 9.17) is 32.7 Å². The number of nitrogens with zero attached hydrogens (tertiary/aromatic N) is 2. The highest BCUT2D eigenvalue weighted by atomic mass is 79.9. The highest BCUT2D eigenvalue weighted by molar-refractivity contribution is 9.13. The number of hydrogen-bond donors (Lipinski definition) is 0. The molecule has 1 aliphatic heterocycles. The van der Waals surface area contributed by atoms with Crippen LogP contribution >= 0.6 is 55.1 Å². The maximum absolute atomic E-state index is 12.5. The first-order valence-electron chi connectivity index (χ1n) is 9.46. The molecule has 4 rings (SSSR count). The molecular weight excluding hydrogens is 599 g/mol. The molecule has 0 aliphatic carbocycles. The molecule has 1 aliphatic rings. The molecule has 10 heteroatoms. The summed E-state index contributed by atoms with van der Waals surface area (Å²) in [4.78, 5) is 25.1. The van der Waals surface area contributed by atoms with Gasteiger partial charge in [-0.3, -0.25) is 9.59 Å². The number of imide groups is 1. The summed E-state index contributed by atoms with van der Waals surface area (Å²) in [6.45, 7) is 0.223. The topological polar surface area (TPSA) is 68.2 Å². The van der Waals surface area contributed by atoms with Gasteiger partial charge < -0.3 is 9.47 Å². The van der Waals surface area contributed by atoms with Gasteiger partial charge in [-0.25, -0.2) is 0 Å². The van der Waals surface area contributed by atoms with Crippen molar-refractivity contribution in [1.82, 2.24) is 5.01 Å². The van der Waals surface area contributed by atoms with E-state index in [1.54, 1.807) is 42.5 Å². The van der Waals surface area contributed by atoms with E-state index in [1.807, 2.05) is 6.07 Å². The Morgan fingerprint density at radius 2 is 1.64 bits per heavy atom. The molecule has 0 atom stereocenters. The number of hydrogen-bond acceptors (Lipinski definition) is 5. The van der Waals surface area contributed by atoms with Gasteiger partial charge in [-0.2, -0.15) is 10.1 Å². The predicted octanol–water partition coefficient (Wildman–Crippen LogP) is 6.74. The third-order valence-electron chi connectivity index (χ3n) is 4.83. The average Bonchev–Trinajstić information content (AvgIpc) is 3.06. The van der Waals surface area contributed by atoms with E-state index in [-0.39, 0.29) is 6.61 Å². The van der Waals surface area contributed by atoms with E-state index in [9.17, 15) is 9.59 Å². The number of ether oxygens (including phenoxy) is 2. The lowest BCUT2D eigenvalue weighted by atomic mass is 10.1. The van der Waals surface area contributed by atoms with Crippen molar-refractivity contribution in [3.8, 4) is 11.5 Å². The van der Waals surface area contributed by atoms with Crippen molar-refractivity contribution in [2.45, 2.75) is 6.61 Å². The summed E-state index contributed by atoms with van der Waals surface area (Å²) in [5, 5.41) is 5.86. The molecule has 0 saturated heterocycles. The molecule has 1 heterocycles. The zero-order valence-electron chi connectivity index (χ0n) is 16.9. The monoisotopic (exact) mass is 610 g/mol. The van der Waals surface area contributed by atoms with Gasteiger partial charge in [0.05, 0.1) is 39.0 Å². The van der Waals surface area contributed by atoms with E-state index < -0.39 is 11.8 Å². The molecule has 3 aromatic carbocycles. The first-order chi connectivity index (χ1) is 15.8. The molecule has 0 aromatic heterocycles. The third-order valence-corrected chi connectivity index (χ3v) is 7.71. The Kier molecular flexibility index (Phi) is 7.09. The lowest BCUT2D eigenvalue weighted by Gasteiger charge is -2.16. The van der Waals surface area contributed by atoms with Crippen molar-refractivity contribution in [2.24, 2.45) is 5.10 Å². The van der Waals surface area contributed by atoms with Crippen molar-refractivity contribution in [3.05, 3.63) is 89.8 Å². The number of rotatable bonds is 6. The second kappa shape index (κ2) is 9.85. The van der Waals surface area contributed by atoms with Crippen molar-refractivity contribution in [2.75, 3.05) is 7.11 Å². The summed E-state index contributed by atoms with van der Waals surface area (Å²) in [5.74, 6) is -0.0755. The lowest BCUT2D eigenvalue weighted by molar-refractivity contribution is 0.0660. The van der Waals surface area contributed by atoms with Crippen LogP contribution in [0.4, 0.5) is 0 Å². The van der Waals surface area contributed by atoms with Gasteiger partial charge in [-0.15, -0.1) is 0 Å². The smallest absolute Gasteiger partial charge is 0.282 e. The Bertz CT molecular complexity index is 1280. The quantitative estimate of drug-likeness (QED) is 0.229. The molecule has 0 radical (unpaired) electrons. The van der Waals surface area contributed by atoms with Gasteiger partial charge in [-0.1, -0.05) is 41.4 Å². The minimum atomic E-state index is -0.476. The molecule has 3 aromatic rings. The minimum absolute atomic E-state index is 0.223. The van der Waals surface area contributed by atoms with E-state index in [0.29, 0.717) is 47.2 Å². The van der Waals surface area contributed by atoms with Crippen LogP contribution in [0.15, 0.2) is 62.6 Å². The van der Waals surface area contributed by atoms with Crippen LogP contribution in [0.25, 0.3) is 0 Å². The van der Waals surface area contributed by atoms with Crippen LogP contribution in [0, 0.1) is 0 Å². The summed E-state index contributed by atoms with van der Waals surface area (Å²) in [6, 6.07) is 13.5. The maximum Gasteiger partial charge on any atom is 0.282 e. The van der Waals surface area contributed by atoms with Crippen LogP contribution in [0.3, 0.4) is 0 Å². The van der Waals surface area contributed by atoms with Crippen LogP contribution < -0.4 is 9.47 Å². The van der Waals surface area contributed by atoms with E-state index in [0.717, 1.165) is 10.6 Å². The maximum atomic E-state index is 12.5. The summed E-state index contributed by atoms with van der Waals surface area (Å²) < 4.78 is 12.6. The van der Waals surface area contributed by atoms with Crippen LogP contribution in [-0.4, -0.2) is 30.1 Å². The number of methoxy groups -OCH3 is 1. The molecular formula is C23H14Br2Cl2N2O4. The zero-order valence-corrected chi connectivity index (χ0v) is 21.6. The summed E-state index contributed by atoms with van der Waals surface area (Å²) in [6.07, 6.45) is 1.40. The van der Waals surface area contributed by atoms with Gasteiger partial charge in [0.2, 0.25) is 0 Å². The number of carbonyl (C=O) groups is 2. The van der Waals surface area contributed by atoms with Crippen LogP contribution in [-0.2, 0) is 6.61 Å². The van der Waals surface area contributed by atoms with Crippen LogP contribution in [0.2, 0.25) is 10.0 Å². The fourth-order valence-corrected chi connectivity index (χ4v) is 4.43. The Morgan fingerprint density at radius 1 is 0.970 bits per heavy atom. The molecule has 0 spiro atoms. The number of fused-ring (bicyclic) bond motifs is 1. The van der Waals surface area contributed by atoms with Crippen molar-refractivity contribution in [1.29, 1.82) is 0 Å². The van der Waals surface area contributed by atoms with Crippen LogP contribution in [0.5, 0.6) is 11.5 Å². The lowest BCUT2D eigenvalue weighted by Crippen LogP contribution is -2.24. The summed E-state index contributed by atoms with van der Waals surface area (Å²) in [7, 11) is 1.51. The van der Waals surface area contributed by atoms with Crippen molar-refractivity contribution < 1.29 is 19.1 Å². The Balaban J connectivity index is 1.59. The van der Waals surface area contributed by atoms with Gasteiger partial charge in [0.1, 0.15) is 6.61 Å². The molecule has 0 N–H and O–H groups in total. The predicted molar refractivity (Wildman–Crippen MR) is 134 cm³/mol. The SMILES string of the molecule is COc1cc(/C=N\N2C(=O)c3ccccc3C2=O)c(Br)c(Br)c1OCc1ccc(Cl)c(Cl)c1. The molecule has 6 nitrogen and oxygen atoms in total. The van der Waals surface area contributed by atoms with Crippen LogP contribution in [0.1, 0.15) is 31.8 Å². The molecule has 0 bridgehead atoms. The average molecular weight is 613 g/mol. The molecule has 168 valence electrons. The highest BCUT2D eigenvalue weighted by Crippen LogP contribution is 2.43. The van der Waals surface area contributed by atoms with Gasteiger partial charge in [0, 0.05) is 10.0 Å². The molecule has 2 amide bonds. The first-order valence-corrected chi connectivity index (χ1v) is 11.8. The van der Waals surface area contributed by atoms with Crippen molar-refractivity contribution >= 4 is 73.1 Å². The fraction of sp³-hybridized carbons (Fsp3) is 0.0870. The fourth-order valence-electron chi connectivity index (χ4n) is 3.17. The van der Waals surface area contributed by atoms with Gasteiger partial charge in [0.15, 0.2) is 11.5 Å². The number of amides is 2. The largest absolute Gasteiger partial charge is 0.493 e. The second-order valence-corrected chi connectivity index (χ2v) is 9.27. The normalized spacial score (nSPS) is 13.1. The number of carbonyl (C=O) groups excluding carboxylic acids is 2. The van der Waals surface area contributed by atoms with E-state index in [2.05, 4.69) is 37.0 Å². The number of halogens is 4. The zero-order chi connectivity index (χ0) is 23.7. The Labute approximate surface area is 216 Å². The highest BCUT2D eigenvalue weighted by Gasteiger charge is 2.35. The Hall–Kier alpha value is -2.39. The first kappa shape index (κ1) is 23.8. The molecule has 0 fully saturated rings. The van der Waals surface area contributed by atoms with E-state index in [1.165, 1.54) is 13.3 Å². The standard InChI is InChI=1S/C23H14Br2Cl2N2O4/c1-32-18-9-13(10-28-29-22(30)14-4-2-3-5-15(14)23(29)31)19(24)20(25)21(18)33-11-12-6-7-16(26)17(27)8-12/h2-10H,11H2,1H3/b28-10-. The number of hydrazone groups is 1. The molecule has 0 saturated carbocycles. The van der Waals surface area contributed by atoms with E-state index >= 15 is 0 Å². The van der Waals surface area contributed by atoms with Gasteiger partial charge in [0.25, 0.3) is 11.8 Å². The summed E-state index contributed by atoms with van der Waals surface area (Å²) in [5.41, 5.74) is 2.04.